The van der Waals surface area contributed by atoms with Gasteiger partial charge in [0, 0.05) is 20.2 Å². The van der Waals surface area contributed by atoms with Crippen LogP contribution in [0.3, 0.4) is 0 Å². The Labute approximate surface area is 177 Å². The normalized spacial score (nSPS) is 25.9. The zero-order valence-electron chi connectivity index (χ0n) is 18.5. The number of nitro benzene ring substituents is 1. The second-order valence-corrected chi connectivity index (χ2v) is 15.8. The summed E-state index contributed by atoms with van der Waals surface area (Å²) >= 11 is 0. The Kier molecular flexibility index (Phi) is 7.05. The summed E-state index contributed by atoms with van der Waals surface area (Å²) in [4.78, 5) is 10.7. The first-order valence-corrected chi connectivity index (χ1v) is 14.8. The summed E-state index contributed by atoms with van der Waals surface area (Å²) in [6.07, 6.45) is 8.63. The first-order valence-electron chi connectivity index (χ1n) is 11.2. The molecular formula is C23H36BNO3Si. The number of rotatable bonds is 7. The van der Waals surface area contributed by atoms with Gasteiger partial charge in [-0.1, -0.05) is 63.7 Å². The maximum Gasteiger partial charge on any atom is 0.297 e. The van der Waals surface area contributed by atoms with Crippen LogP contribution in [0.15, 0.2) is 36.4 Å². The molecule has 2 saturated heterocycles. The number of non-ortho nitro benzene ring substituents is 1. The van der Waals surface area contributed by atoms with Crippen molar-refractivity contribution in [3.05, 3.63) is 52.1 Å². The van der Waals surface area contributed by atoms with E-state index in [0.29, 0.717) is 18.2 Å². The molecule has 0 aromatic heterocycles. The van der Waals surface area contributed by atoms with Gasteiger partial charge in [0.05, 0.1) is 11.0 Å². The van der Waals surface area contributed by atoms with E-state index in [1.807, 2.05) is 19.1 Å². The Morgan fingerprint density at radius 3 is 2.28 bits per heavy atom. The van der Waals surface area contributed by atoms with E-state index in [1.165, 1.54) is 38.5 Å². The smallest absolute Gasteiger partial charge is 0.297 e. The third-order valence-electron chi connectivity index (χ3n) is 6.96. The molecule has 1 aromatic carbocycles. The Morgan fingerprint density at radius 1 is 1.21 bits per heavy atom. The molecule has 2 aliphatic heterocycles. The molecule has 0 radical (unpaired) electrons. The van der Waals surface area contributed by atoms with Gasteiger partial charge in [-0.15, -0.1) is 6.58 Å². The van der Waals surface area contributed by atoms with Gasteiger partial charge in [0.25, 0.3) is 12.6 Å². The van der Waals surface area contributed by atoms with Crippen LogP contribution >= 0.6 is 0 Å². The first kappa shape index (κ1) is 22.3. The van der Waals surface area contributed by atoms with Crippen molar-refractivity contribution in [1.29, 1.82) is 0 Å². The minimum Gasteiger partial charge on any atom is -0.429 e. The Hall–Kier alpha value is -1.40. The lowest BCUT2D eigenvalue weighted by atomic mass is 9.50. The third-order valence-corrected chi connectivity index (χ3v) is 9.76. The van der Waals surface area contributed by atoms with E-state index in [2.05, 4.69) is 26.2 Å². The topological polar surface area (TPSA) is 52.4 Å². The van der Waals surface area contributed by atoms with E-state index in [1.54, 1.807) is 12.1 Å². The summed E-state index contributed by atoms with van der Waals surface area (Å²) in [5, 5.41) is 11.1. The minimum absolute atomic E-state index is 0.0727. The molecule has 29 heavy (non-hydrogen) atoms. The molecule has 0 aliphatic carbocycles. The van der Waals surface area contributed by atoms with Crippen LogP contribution in [-0.4, -0.2) is 19.9 Å². The van der Waals surface area contributed by atoms with E-state index in [9.17, 15) is 10.1 Å². The highest BCUT2D eigenvalue weighted by Crippen LogP contribution is 2.51. The van der Waals surface area contributed by atoms with Gasteiger partial charge in [-0.05, 0) is 48.2 Å². The van der Waals surface area contributed by atoms with E-state index in [0.717, 1.165) is 23.5 Å². The predicted octanol–water partition coefficient (Wildman–Crippen LogP) is 7.21. The summed E-state index contributed by atoms with van der Waals surface area (Å²) in [6, 6.07) is 6.95. The zero-order chi connectivity index (χ0) is 21.2. The molecule has 0 unspecified atom stereocenters. The molecule has 2 aliphatic rings. The second kappa shape index (κ2) is 9.17. The van der Waals surface area contributed by atoms with Gasteiger partial charge in [-0.25, -0.2) is 0 Å². The maximum absolute atomic E-state index is 11.1. The van der Waals surface area contributed by atoms with Gasteiger partial charge in [0.2, 0.25) is 0 Å². The van der Waals surface area contributed by atoms with Crippen LogP contribution in [0.25, 0.3) is 0 Å². The van der Waals surface area contributed by atoms with Crippen LogP contribution in [0.5, 0.6) is 0 Å². The summed E-state index contributed by atoms with van der Waals surface area (Å²) in [7, 11) is -1.41. The first-order chi connectivity index (χ1) is 13.7. The number of hydrogen-bond donors (Lipinski definition) is 0. The zero-order valence-corrected chi connectivity index (χ0v) is 19.5. The molecule has 3 rings (SSSR count). The molecule has 6 heteroatoms. The van der Waals surface area contributed by atoms with Crippen molar-refractivity contribution in [2.24, 2.45) is 5.92 Å². The van der Waals surface area contributed by atoms with E-state index < -0.39 is 8.07 Å². The van der Waals surface area contributed by atoms with Gasteiger partial charge in [-0.2, -0.15) is 0 Å². The van der Waals surface area contributed by atoms with Crippen LogP contribution in [0.4, 0.5) is 5.69 Å². The Balaban J connectivity index is 1.93. The standard InChI is InChI=1S/C23H36BNO3Si/c1-17(2)16-22(18-12-14-21(15-13-18)25(26)27)28-24-20-10-6-8-19(9-7-11-20)23(24)29(3,4)5/h12-15,19-20,22-23H,1,6-11,16H2,2-5H3/t19?,20?,22-,23+/m1/s1. The van der Waals surface area contributed by atoms with Crippen LogP contribution in [0, 0.1) is 16.0 Å². The van der Waals surface area contributed by atoms with Crippen molar-refractivity contribution in [3.8, 4) is 0 Å². The van der Waals surface area contributed by atoms with Crippen LogP contribution < -0.4 is 0 Å². The molecular weight excluding hydrogens is 377 g/mol. The largest absolute Gasteiger partial charge is 0.429 e. The van der Waals surface area contributed by atoms with Crippen molar-refractivity contribution in [2.45, 2.75) is 88.9 Å². The molecule has 4 nitrogen and oxygen atoms in total. The highest BCUT2D eigenvalue weighted by atomic mass is 28.3. The number of nitrogens with zero attached hydrogens (tertiary/aromatic N) is 1. The number of nitro groups is 1. The summed E-state index contributed by atoms with van der Waals surface area (Å²) in [5.41, 5.74) is 2.94. The van der Waals surface area contributed by atoms with Gasteiger partial charge < -0.3 is 4.65 Å². The number of hydrogen-bond acceptors (Lipinski definition) is 3. The van der Waals surface area contributed by atoms with E-state index in [-0.39, 0.29) is 16.7 Å². The molecule has 2 heterocycles. The maximum atomic E-state index is 11.1. The average Bonchev–Trinajstić information content (AvgIpc) is 2.89. The Bertz CT molecular complexity index is 721. The molecule has 158 valence electrons. The SMILES string of the molecule is C=C(C)C[C@@H](OB1C2CCCC(CCC2)[C@@H]1[Si](C)(C)C)c1ccc([N+](=O)[O-])cc1. The van der Waals surface area contributed by atoms with Crippen molar-refractivity contribution in [3.63, 3.8) is 0 Å². The predicted molar refractivity (Wildman–Crippen MR) is 124 cm³/mol. The van der Waals surface area contributed by atoms with Gasteiger partial charge in [0.15, 0.2) is 0 Å². The Morgan fingerprint density at radius 2 is 1.79 bits per heavy atom. The van der Waals surface area contributed by atoms with Crippen molar-refractivity contribution < 1.29 is 9.58 Å². The highest BCUT2D eigenvalue weighted by Gasteiger charge is 2.49. The molecule has 1 aromatic rings. The molecule has 2 atom stereocenters. The monoisotopic (exact) mass is 413 g/mol. The number of benzene rings is 1. The second-order valence-electron chi connectivity index (χ2n) is 10.4. The van der Waals surface area contributed by atoms with Gasteiger partial charge in [0.1, 0.15) is 0 Å². The molecule has 2 bridgehead atoms. The third kappa shape index (κ3) is 5.40. The fourth-order valence-electron chi connectivity index (χ4n) is 5.78. The van der Waals surface area contributed by atoms with Gasteiger partial charge >= 0.3 is 0 Å². The van der Waals surface area contributed by atoms with Crippen LogP contribution in [0.1, 0.15) is 63.5 Å². The molecule has 2 fully saturated rings. The average molecular weight is 413 g/mol. The summed E-state index contributed by atoms with van der Waals surface area (Å²) in [6.45, 7) is 14.0. The molecule has 0 amide bonds. The van der Waals surface area contributed by atoms with E-state index in [4.69, 9.17) is 4.65 Å². The quantitative estimate of drug-likeness (QED) is 0.205. The minimum atomic E-state index is -1.41. The highest BCUT2D eigenvalue weighted by molar-refractivity contribution is 6.88. The molecule has 0 N–H and O–H groups in total. The summed E-state index contributed by atoms with van der Waals surface area (Å²) < 4.78 is 7.03. The lowest BCUT2D eigenvalue weighted by Gasteiger charge is -2.40. The fourth-order valence-corrected chi connectivity index (χ4v) is 8.86. The summed E-state index contributed by atoms with van der Waals surface area (Å²) in [5.74, 6) is 1.44. The van der Waals surface area contributed by atoms with Crippen LogP contribution in [0.2, 0.25) is 30.9 Å². The molecule has 0 spiro atoms. The lowest BCUT2D eigenvalue weighted by Crippen LogP contribution is -2.45. The number of fused-ring (bicyclic) bond motifs is 3. The molecule has 0 saturated carbocycles. The van der Waals surface area contributed by atoms with Crippen LogP contribution in [-0.2, 0) is 4.65 Å². The van der Waals surface area contributed by atoms with Crippen molar-refractivity contribution in [2.75, 3.05) is 0 Å². The van der Waals surface area contributed by atoms with Crippen molar-refractivity contribution in [1.82, 2.24) is 0 Å². The fraction of sp³-hybridized carbons (Fsp3) is 0.652. The van der Waals surface area contributed by atoms with Crippen molar-refractivity contribution >= 4 is 20.7 Å². The lowest BCUT2D eigenvalue weighted by molar-refractivity contribution is -0.384. The van der Waals surface area contributed by atoms with Gasteiger partial charge in [-0.3, -0.25) is 10.1 Å². The van der Waals surface area contributed by atoms with E-state index >= 15 is 0 Å².